The highest BCUT2D eigenvalue weighted by Crippen LogP contribution is 2.41. The summed E-state index contributed by atoms with van der Waals surface area (Å²) in [7, 11) is 1.68. The van der Waals surface area contributed by atoms with Gasteiger partial charge >= 0.3 is 0 Å². The average molecular weight is 338 g/mol. The maximum absolute atomic E-state index is 12.5. The summed E-state index contributed by atoms with van der Waals surface area (Å²) in [4.78, 5) is 23.1. The van der Waals surface area contributed by atoms with Gasteiger partial charge in [-0.05, 0) is 37.0 Å². The van der Waals surface area contributed by atoms with E-state index in [1.54, 1.807) is 19.5 Å². The molecule has 0 bridgehead atoms. The third-order valence-electron chi connectivity index (χ3n) is 5.00. The minimum absolute atomic E-state index is 0.0576. The molecule has 4 rings (SSSR count). The Labute approximate surface area is 147 Å². The molecule has 1 aliphatic heterocycles. The first-order valence-electron chi connectivity index (χ1n) is 8.73. The molecule has 6 heteroatoms. The summed E-state index contributed by atoms with van der Waals surface area (Å²) in [6, 6.07) is 9.02. The van der Waals surface area contributed by atoms with Crippen LogP contribution in [0.4, 0.5) is 0 Å². The molecule has 2 aromatic rings. The van der Waals surface area contributed by atoms with Crippen molar-refractivity contribution in [2.45, 2.75) is 37.4 Å². The van der Waals surface area contributed by atoms with E-state index in [0.717, 1.165) is 18.7 Å². The van der Waals surface area contributed by atoms with Crippen LogP contribution in [0, 0.1) is 0 Å². The van der Waals surface area contributed by atoms with Crippen molar-refractivity contribution in [3.63, 3.8) is 0 Å². The van der Waals surface area contributed by atoms with Gasteiger partial charge in [0.05, 0.1) is 25.4 Å². The quantitative estimate of drug-likeness (QED) is 0.905. The van der Waals surface area contributed by atoms with Gasteiger partial charge in [-0.15, -0.1) is 0 Å². The van der Waals surface area contributed by atoms with Crippen LogP contribution in [-0.4, -0.2) is 46.5 Å². The Morgan fingerprint density at radius 3 is 2.88 bits per heavy atom. The molecule has 1 aromatic heterocycles. The van der Waals surface area contributed by atoms with Crippen molar-refractivity contribution in [2.24, 2.45) is 0 Å². The molecule has 1 N–H and O–H groups in total. The molecule has 2 atom stereocenters. The number of aromatic nitrogens is 2. The molecule has 2 fully saturated rings. The van der Waals surface area contributed by atoms with E-state index in [-0.39, 0.29) is 18.0 Å². The number of amides is 1. The predicted octanol–water partition coefficient (Wildman–Crippen LogP) is 2.19. The van der Waals surface area contributed by atoms with Gasteiger partial charge in [0.25, 0.3) is 5.91 Å². The van der Waals surface area contributed by atoms with Gasteiger partial charge in [0.2, 0.25) is 0 Å². The molecule has 1 aliphatic carbocycles. The van der Waals surface area contributed by atoms with Gasteiger partial charge in [0.1, 0.15) is 11.4 Å². The first-order chi connectivity index (χ1) is 12.3. The molecule has 1 saturated carbocycles. The normalized spacial score (nSPS) is 23.4. The Hall–Kier alpha value is -2.47. The number of likely N-dealkylation sites (tertiary alicyclic amines) is 1. The summed E-state index contributed by atoms with van der Waals surface area (Å²) in [5.74, 6) is 0.683. The van der Waals surface area contributed by atoms with Crippen molar-refractivity contribution in [2.75, 3.05) is 13.7 Å². The van der Waals surface area contributed by atoms with Crippen molar-refractivity contribution in [1.82, 2.24) is 20.2 Å². The van der Waals surface area contributed by atoms with E-state index in [1.807, 2.05) is 12.1 Å². The zero-order chi connectivity index (χ0) is 17.2. The van der Waals surface area contributed by atoms with Crippen LogP contribution < -0.4 is 10.1 Å². The monoisotopic (exact) mass is 338 g/mol. The molecule has 0 radical (unpaired) electrons. The number of ether oxygens (including phenoxy) is 1. The third-order valence-corrected chi connectivity index (χ3v) is 5.00. The third kappa shape index (κ3) is 3.35. The molecule has 6 nitrogen and oxygen atoms in total. The smallest absolute Gasteiger partial charge is 0.271 e. The number of carbonyl (C=O) groups is 1. The molecule has 130 valence electrons. The SMILES string of the molecule is COc1cccc([C@H]2[C@@H](NC(=O)c3cnccn3)CCN2C2CC2)c1. The van der Waals surface area contributed by atoms with Crippen LogP contribution in [0.2, 0.25) is 0 Å². The van der Waals surface area contributed by atoms with Crippen LogP contribution in [0.15, 0.2) is 42.9 Å². The number of hydrogen-bond acceptors (Lipinski definition) is 5. The molecule has 0 unspecified atom stereocenters. The summed E-state index contributed by atoms with van der Waals surface area (Å²) in [5.41, 5.74) is 1.55. The Balaban J connectivity index is 1.58. The molecular formula is C19H22N4O2. The van der Waals surface area contributed by atoms with Crippen LogP contribution in [0.5, 0.6) is 5.75 Å². The highest BCUT2D eigenvalue weighted by molar-refractivity contribution is 5.92. The van der Waals surface area contributed by atoms with Gasteiger partial charge < -0.3 is 10.1 Å². The maximum atomic E-state index is 12.5. The van der Waals surface area contributed by atoms with Crippen molar-refractivity contribution < 1.29 is 9.53 Å². The number of carbonyl (C=O) groups excluding carboxylic acids is 1. The van der Waals surface area contributed by atoms with Crippen LogP contribution in [-0.2, 0) is 0 Å². The highest BCUT2D eigenvalue weighted by atomic mass is 16.5. The predicted molar refractivity (Wildman–Crippen MR) is 93.4 cm³/mol. The van der Waals surface area contributed by atoms with Gasteiger partial charge in [0, 0.05) is 25.0 Å². The highest BCUT2D eigenvalue weighted by Gasteiger charge is 2.43. The zero-order valence-electron chi connectivity index (χ0n) is 14.3. The first-order valence-corrected chi connectivity index (χ1v) is 8.73. The van der Waals surface area contributed by atoms with E-state index < -0.39 is 0 Å². The van der Waals surface area contributed by atoms with Gasteiger partial charge in [-0.1, -0.05) is 12.1 Å². The fourth-order valence-electron chi connectivity index (χ4n) is 3.69. The average Bonchev–Trinajstić information content (AvgIpc) is 3.43. The number of hydrogen-bond donors (Lipinski definition) is 1. The summed E-state index contributed by atoms with van der Waals surface area (Å²) < 4.78 is 5.39. The second kappa shape index (κ2) is 6.80. The van der Waals surface area contributed by atoms with Gasteiger partial charge in [0.15, 0.2) is 0 Å². The lowest BCUT2D eigenvalue weighted by molar-refractivity contribution is 0.0918. The molecule has 2 heterocycles. The van der Waals surface area contributed by atoms with E-state index in [2.05, 4.69) is 32.3 Å². The molecular weight excluding hydrogens is 316 g/mol. The van der Waals surface area contributed by atoms with Crippen LogP contribution in [0.25, 0.3) is 0 Å². The van der Waals surface area contributed by atoms with Crippen molar-refractivity contribution in [3.8, 4) is 5.75 Å². The first kappa shape index (κ1) is 16.0. The lowest BCUT2D eigenvalue weighted by Crippen LogP contribution is -2.40. The van der Waals surface area contributed by atoms with Crippen LogP contribution >= 0.6 is 0 Å². The zero-order valence-corrected chi connectivity index (χ0v) is 14.3. The fourth-order valence-corrected chi connectivity index (χ4v) is 3.69. The minimum atomic E-state index is -0.163. The van der Waals surface area contributed by atoms with Crippen LogP contribution in [0.1, 0.15) is 41.4 Å². The van der Waals surface area contributed by atoms with Gasteiger partial charge in [-0.2, -0.15) is 0 Å². The molecule has 1 aromatic carbocycles. The Morgan fingerprint density at radius 2 is 2.16 bits per heavy atom. The number of rotatable bonds is 5. The second-order valence-electron chi connectivity index (χ2n) is 6.65. The van der Waals surface area contributed by atoms with E-state index in [1.165, 1.54) is 24.6 Å². The molecule has 2 aliphatic rings. The van der Waals surface area contributed by atoms with E-state index in [0.29, 0.717) is 11.7 Å². The Morgan fingerprint density at radius 1 is 1.28 bits per heavy atom. The van der Waals surface area contributed by atoms with Crippen molar-refractivity contribution >= 4 is 5.91 Å². The summed E-state index contributed by atoms with van der Waals surface area (Å²) in [5, 5.41) is 3.17. The number of benzene rings is 1. The topological polar surface area (TPSA) is 67.3 Å². The summed E-state index contributed by atoms with van der Waals surface area (Å²) in [6.45, 7) is 0.998. The molecule has 0 spiro atoms. The number of methoxy groups -OCH3 is 1. The van der Waals surface area contributed by atoms with E-state index in [9.17, 15) is 4.79 Å². The summed E-state index contributed by atoms with van der Waals surface area (Å²) in [6.07, 6.45) is 8.03. The van der Waals surface area contributed by atoms with E-state index >= 15 is 0 Å². The molecule has 1 saturated heterocycles. The number of nitrogens with one attached hydrogen (secondary N) is 1. The minimum Gasteiger partial charge on any atom is -0.497 e. The largest absolute Gasteiger partial charge is 0.497 e. The van der Waals surface area contributed by atoms with Crippen LogP contribution in [0.3, 0.4) is 0 Å². The Bertz CT molecular complexity index is 748. The molecule has 1 amide bonds. The maximum Gasteiger partial charge on any atom is 0.271 e. The van der Waals surface area contributed by atoms with E-state index in [4.69, 9.17) is 4.74 Å². The Kier molecular flexibility index (Phi) is 4.36. The second-order valence-corrected chi connectivity index (χ2v) is 6.65. The standard InChI is InChI=1S/C19H22N4O2/c1-25-15-4-2-3-13(11-15)18-16(7-10-23(18)14-5-6-14)22-19(24)17-12-20-8-9-21-17/h2-4,8-9,11-12,14,16,18H,5-7,10H2,1H3,(H,22,24)/t16-,18-/m0/s1. The lowest BCUT2D eigenvalue weighted by atomic mass is 9.99. The summed E-state index contributed by atoms with van der Waals surface area (Å²) >= 11 is 0. The fraction of sp³-hybridized carbons (Fsp3) is 0.421. The lowest BCUT2D eigenvalue weighted by Gasteiger charge is -2.29. The van der Waals surface area contributed by atoms with Gasteiger partial charge in [-0.3, -0.25) is 14.7 Å². The van der Waals surface area contributed by atoms with Crippen molar-refractivity contribution in [1.29, 1.82) is 0 Å². The van der Waals surface area contributed by atoms with Crippen molar-refractivity contribution in [3.05, 3.63) is 54.1 Å². The number of nitrogens with zero attached hydrogens (tertiary/aromatic N) is 3. The molecule has 25 heavy (non-hydrogen) atoms. The van der Waals surface area contributed by atoms with Gasteiger partial charge in [-0.25, -0.2) is 4.98 Å².